The second-order valence-corrected chi connectivity index (χ2v) is 6.26. The lowest BCUT2D eigenvalue weighted by atomic mass is 10.0. The molecule has 0 radical (unpaired) electrons. The largest absolute Gasteiger partial charge is 0.331 e. The van der Waals surface area contributed by atoms with Gasteiger partial charge in [0.25, 0.3) is 12.3 Å². The minimum Gasteiger partial charge on any atom is -0.331 e. The number of halogens is 3. The Morgan fingerprint density at radius 2 is 1.96 bits per heavy atom. The van der Waals surface area contributed by atoms with Gasteiger partial charge in [-0.25, -0.2) is 13.5 Å². The third kappa shape index (κ3) is 3.41. The van der Waals surface area contributed by atoms with Crippen LogP contribution < -0.4 is 0 Å². The van der Waals surface area contributed by atoms with Crippen LogP contribution in [0, 0.1) is 5.95 Å². The van der Waals surface area contributed by atoms with Crippen LogP contribution in [-0.4, -0.2) is 26.6 Å². The Labute approximate surface area is 144 Å². The summed E-state index contributed by atoms with van der Waals surface area (Å²) in [6, 6.07) is 7.64. The van der Waals surface area contributed by atoms with Crippen LogP contribution in [0.15, 0.2) is 24.3 Å². The summed E-state index contributed by atoms with van der Waals surface area (Å²) in [6.45, 7) is 2.29. The van der Waals surface area contributed by atoms with Gasteiger partial charge in [-0.15, -0.1) is 0 Å². The van der Waals surface area contributed by atoms with Crippen molar-refractivity contribution in [1.82, 2.24) is 14.7 Å². The molecule has 0 N–H and O–H groups in total. The first-order valence-corrected chi connectivity index (χ1v) is 8.32. The second kappa shape index (κ2) is 6.90. The van der Waals surface area contributed by atoms with Crippen molar-refractivity contribution in [2.45, 2.75) is 45.2 Å². The molecule has 3 rings (SSSR count). The number of benzene rings is 1. The first kappa shape index (κ1) is 17.5. The highest BCUT2D eigenvalue weighted by Gasteiger charge is 2.38. The van der Waals surface area contributed by atoms with E-state index in [2.05, 4.69) is 5.10 Å². The monoisotopic (exact) mass is 351 g/mol. The lowest BCUT2D eigenvalue weighted by Crippen LogP contribution is -2.34. The molecule has 1 heterocycles. The number of aryl methyl sites for hydroxylation is 2. The van der Waals surface area contributed by atoms with Crippen LogP contribution in [0.25, 0.3) is 0 Å². The SMILES string of the molecule is CCc1ccccc1CN(C(=O)c1c(C(F)F)nn(C)c1F)C1CC1. The summed E-state index contributed by atoms with van der Waals surface area (Å²) in [6.07, 6.45) is -0.608. The van der Waals surface area contributed by atoms with E-state index in [1.807, 2.05) is 31.2 Å². The maximum Gasteiger partial charge on any atom is 0.283 e. The van der Waals surface area contributed by atoms with Gasteiger partial charge in [0.15, 0.2) is 0 Å². The highest BCUT2D eigenvalue weighted by atomic mass is 19.3. The number of rotatable bonds is 6. The highest BCUT2D eigenvalue weighted by Crippen LogP contribution is 2.33. The van der Waals surface area contributed by atoms with Crippen molar-refractivity contribution in [2.24, 2.45) is 7.05 Å². The number of nitrogens with zero attached hydrogens (tertiary/aromatic N) is 3. The average molecular weight is 351 g/mol. The smallest absolute Gasteiger partial charge is 0.283 e. The predicted molar refractivity (Wildman–Crippen MR) is 86.8 cm³/mol. The van der Waals surface area contributed by atoms with E-state index < -0.39 is 29.5 Å². The summed E-state index contributed by atoms with van der Waals surface area (Å²) in [5.41, 5.74) is 0.632. The molecule has 134 valence electrons. The van der Waals surface area contributed by atoms with E-state index >= 15 is 0 Å². The van der Waals surface area contributed by atoms with E-state index in [-0.39, 0.29) is 12.6 Å². The number of amides is 1. The number of carbonyl (C=O) groups excluding carboxylic acids is 1. The normalized spacial score (nSPS) is 14.2. The third-order valence-electron chi connectivity index (χ3n) is 4.51. The lowest BCUT2D eigenvalue weighted by Gasteiger charge is -2.24. The number of carbonyl (C=O) groups is 1. The van der Waals surface area contributed by atoms with Gasteiger partial charge in [-0.05, 0) is 30.4 Å². The molecule has 1 aliphatic rings. The van der Waals surface area contributed by atoms with Crippen LogP contribution in [-0.2, 0) is 20.0 Å². The van der Waals surface area contributed by atoms with E-state index in [4.69, 9.17) is 0 Å². The molecular weight excluding hydrogens is 331 g/mol. The topological polar surface area (TPSA) is 38.1 Å². The fourth-order valence-electron chi connectivity index (χ4n) is 3.01. The molecule has 0 aliphatic heterocycles. The zero-order valence-corrected chi connectivity index (χ0v) is 14.2. The van der Waals surface area contributed by atoms with Gasteiger partial charge >= 0.3 is 0 Å². The first-order valence-electron chi connectivity index (χ1n) is 8.32. The number of hydrogen-bond donors (Lipinski definition) is 0. The van der Waals surface area contributed by atoms with Gasteiger partial charge in [-0.3, -0.25) is 4.79 Å². The zero-order valence-electron chi connectivity index (χ0n) is 14.2. The zero-order chi connectivity index (χ0) is 18.1. The maximum absolute atomic E-state index is 14.3. The van der Waals surface area contributed by atoms with Gasteiger partial charge in [0.2, 0.25) is 5.95 Å². The van der Waals surface area contributed by atoms with Crippen LogP contribution in [0.2, 0.25) is 0 Å². The van der Waals surface area contributed by atoms with E-state index in [0.717, 1.165) is 30.4 Å². The Morgan fingerprint density at radius 3 is 2.52 bits per heavy atom. The molecule has 25 heavy (non-hydrogen) atoms. The van der Waals surface area contributed by atoms with Crippen molar-refractivity contribution in [2.75, 3.05) is 0 Å². The molecule has 0 unspecified atom stereocenters. The second-order valence-electron chi connectivity index (χ2n) is 6.26. The molecule has 0 spiro atoms. The first-order chi connectivity index (χ1) is 11.9. The summed E-state index contributed by atoms with van der Waals surface area (Å²) in [7, 11) is 1.21. The van der Waals surface area contributed by atoms with E-state index in [0.29, 0.717) is 4.68 Å². The summed E-state index contributed by atoms with van der Waals surface area (Å²) < 4.78 is 41.4. The molecule has 7 heteroatoms. The van der Waals surface area contributed by atoms with Crippen LogP contribution in [0.1, 0.15) is 53.4 Å². The molecule has 1 saturated carbocycles. The maximum atomic E-state index is 14.3. The fourth-order valence-corrected chi connectivity index (χ4v) is 3.01. The molecule has 4 nitrogen and oxygen atoms in total. The van der Waals surface area contributed by atoms with Crippen LogP contribution in [0.4, 0.5) is 13.2 Å². The molecular formula is C18H20F3N3O. The molecule has 1 amide bonds. The lowest BCUT2D eigenvalue weighted by molar-refractivity contribution is 0.0711. The van der Waals surface area contributed by atoms with Gasteiger partial charge in [-0.2, -0.15) is 9.49 Å². The van der Waals surface area contributed by atoms with Gasteiger partial charge in [0.05, 0.1) is 0 Å². The van der Waals surface area contributed by atoms with Gasteiger partial charge < -0.3 is 4.90 Å². The van der Waals surface area contributed by atoms with Crippen molar-refractivity contribution in [1.29, 1.82) is 0 Å². The summed E-state index contributed by atoms with van der Waals surface area (Å²) in [5.74, 6) is -1.73. The number of hydrogen-bond acceptors (Lipinski definition) is 2. The number of alkyl halides is 2. The molecule has 1 aromatic heterocycles. The van der Waals surface area contributed by atoms with E-state index in [1.54, 1.807) is 0 Å². The Balaban J connectivity index is 1.96. The molecule has 1 aliphatic carbocycles. The van der Waals surface area contributed by atoms with Crippen LogP contribution in [0.5, 0.6) is 0 Å². The Bertz CT molecular complexity index is 784. The van der Waals surface area contributed by atoms with Gasteiger partial charge in [-0.1, -0.05) is 31.2 Å². The van der Waals surface area contributed by atoms with Crippen molar-refractivity contribution < 1.29 is 18.0 Å². The van der Waals surface area contributed by atoms with E-state index in [1.165, 1.54) is 11.9 Å². The summed E-state index contributed by atoms with van der Waals surface area (Å²) >= 11 is 0. The predicted octanol–water partition coefficient (Wildman–Crippen LogP) is 3.86. The molecule has 2 aromatic rings. The van der Waals surface area contributed by atoms with Crippen molar-refractivity contribution in [3.63, 3.8) is 0 Å². The van der Waals surface area contributed by atoms with Crippen molar-refractivity contribution in [3.8, 4) is 0 Å². The van der Waals surface area contributed by atoms with Crippen molar-refractivity contribution >= 4 is 5.91 Å². The Kier molecular flexibility index (Phi) is 4.83. The molecule has 1 aromatic carbocycles. The molecule has 0 saturated heterocycles. The average Bonchev–Trinajstić information content (AvgIpc) is 3.38. The highest BCUT2D eigenvalue weighted by molar-refractivity contribution is 5.96. The molecule has 1 fully saturated rings. The van der Waals surface area contributed by atoms with Crippen molar-refractivity contribution in [3.05, 3.63) is 52.6 Å². The quantitative estimate of drug-likeness (QED) is 0.792. The molecule has 0 bridgehead atoms. The number of aromatic nitrogens is 2. The Hall–Kier alpha value is -2.31. The van der Waals surface area contributed by atoms with Crippen LogP contribution >= 0.6 is 0 Å². The minimum absolute atomic E-state index is 0.0393. The standard InChI is InChI=1S/C18H20F3N3O/c1-3-11-6-4-5-7-12(11)10-24(13-8-9-13)18(25)14-15(16(19)20)22-23(2)17(14)21/h4-7,13,16H,3,8-10H2,1-2H3. The van der Waals surface area contributed by atoms with Crippen LogP contribution in [0.3, 0.4) is 0 Å². The van der Waals surface area contributed by atoms with Gasteiger partial charge in [0, 0.05) is 19.6 Å². The summed E-state index contributed by atoms with van der Waals surface area (Å²) in [5, 5.41) is 3.48. The Morgan fingerprint density at radius 1 is 1.32 bits per heavy atom. The third-order valence-corrected chi connectivity index (χ3v) is 4.51. The molecule has 0 atom stereocenters. The fraction of sp³-hybridized carbons (Fsp3) is 0.444. The van der Waals surface area contributed by atoms with Gasteiger partial charge in [0.1, 0.15) is 11.3 Å². The minimum atomic E-state index is -3.00. The van der Waals surface area contributed by atoms with E-state index in [9.17, 15) is 18.0 Å². The summed E-state index contributed by atoms with van der Waals surface area (Å²) in [4.78, 5) is 14.4.